The molecule has 1 spiro atoms. The minimum atomic E-state index is -0.173. The van der Waals surface area contributed by atoms with E-state index in [1.807, 2.05) is 6.07 Å². The Morgan fingerprint density at radius 3 is 2.47 bits per heavy atom. The van der Waals surface area contributed by atoms with Crippen LogP contribution >= 0.6 is 15.9 Å². The van der Waals surface area contributed by atoms with Crippen LogP contribution in [0.25, 0.3) is 0 Å². The number of nitrogens with zero attached hydrogens (tertiary/aromatic N) is 1. The van der Waals surface area contributed by atoms with Gasteiger partial charge in [0.2, 0.25) is 0 Å². The van der Waals surface area contributed by atoms with Crippen LogP contribution in [0.5, 0.6) is 0 Å². The molecule has 92 valence electrons. The van der Waals surface area contributed by atoms with Crippen LogP contribution in [0, 0.1) is 11.2 Å². The molecule has 0 aromatic heterocycles. The average molecular weight is 298 g/mol. The second-order valence-electron chi connectivity index (χ2n) is 5.51. The first-order valence-corrected chi connectivity index (χ1v) is 7.18. The number of benzene rings is 1. The van der Waals surface area contributed by atoms with Gasteiger partial charge in [0, 0.05) is 23.0 Å². The molecule has 0 bridgehead atoms. The van der Waals surface area contributed by atoms with Gasteiger partial charge in [-0.25, -0.2) is 4.39 Å². The Hall–Kier alpha value is -0.570. The number of hydrogen-bond acceptors (Lipinski definition) is 1. The zero-order valence-electron chi connectivity index (χ0n) is 9.88. The summed E-state index contributed by atoms with van der Waals surface area (Å²) >= 11 is 3.45. The van der Waals surface area contributed by atoms with Gasteiger partial charge in [-0.2, -0.15) is 0 Å². The normalized spacial score (nSPS) is 22.6. The van der Waals surface area contributed by atoms with Gasteiger partial charge in [-0.1, -0.05) is 19.3 Å². The van der Waals surface area contributed by atoms with Gasteiger partial charge < -0.3 is 4.90 Å². The van der Waals surface area contributed by atoms with Crippen molar-refractivity contribution in [2.75, 3.05) is 18.0 Å². The molecule has 3 rings (SSSR count). The summed E-state index contributed by atoms with van der Waals surface area (Å²) in [6.07, 6.45) is 6.93. The van der Waals surface area contributed by atoms with E-state index in [9.17, 15) is 4.39 Å². The van der Waals surface area contributed by atoms with Crippen LogP contribution in [0.3, 0.4) is 0 Å². The smallest absolute Gasteiger partial charge is 0.124 e. The summed E-state index contributed by atoms with van der Waals surface area (Å²) in [5.74, 6) is -0.173. The number of hydrogen-bond donors (Lipinski definition) is 0. The molecular weight excluding hydrogens is 281 g/mol. The predicted molar refractivity (Wildman–Crippen MR) is 71.8 cm³/mol. The van der Waals surface area contributed by atoms with Gasteiger partial charge in [0.1, 0.15) is 5.82 Å². The Balaban J connectivity index is 1.72. The highest BCUT2D eigenvalue weighted by atomic mass is 79.9. The molecule has 1 nitrogen and oxygen atoms in total. The first-order chi connectivity index (χ1) is 8.19. The predicted octanol–water partition coefficient (Wildman–Crippen LogP) is 4.36. The summed E-state index contributed by atoms with van der Waals surface area (Å²) in [7, 11) is 0. The summed E-state index contributed by atoms with van der Waals surface area (Å²) in [6.45, 7) is 2.30. The minimum absolute atomic E-state index is 0.173. The highest BCUT2D eigenvalue weighted by Gasteiger charge is 2.43. The molecule has 0 atom stereocenters. The van der Waals surface area contributed by atoms with Crippen molar-refractivity contribution in [1.29, 1.82) is 0 Å². The molecule has 17 heavy (non-hydrogen) atoms. The monoisotopic (exact) mass is 297 g/mol. The molecule has 3 heteroatoms. The molecule has 1 heterocycles. The highest BCUT2D eigenvalue weighted by Crippen LogP contribution is 2.46. The van der Waals surface area contributed by atoms with Gasteiger partial charge in [0.15, 0.2) is 0 Å². The lowest BCUT2D eigenvalue weighted by Crippen LogP contribution is -2.57. The third-order valence-corrected chi connectivity index (χ3v) is 4.85. The van der Waals surface area contributed by atoms with E-state index in [4.69, 9.17) is 0 Å². The quantitative estimate of drug-likeness (QED) is 0.744. The summed E-state index contributed by atoms with van der Waals surface area (Å²) < 4.78 is 13.9. The molecular formula is C14H17BrFN. The first kappa shape index (κ1) is 11.5. The van der Waals surface area contributed by atoms with Crippen LogP contribution < -0.4 is 4.90 Å². The van der Waals surface area contributed by atoms with Crippen LogP contribution in [0.15, 0.2) is 22.7 Å². The van der Waals surface area contributed by atoms with Crippen molar-refractivity contribution in [3.63, 3.8) is 0 Å². The van der Waals surface area contributed by atoms with Crippen LogP contribution in [0.4, 0.5) is 10.1 Å². The second-order valence-corrected chi connectivity index (χ2v) is 6.37. The van der Waals surface area contributed by atoms with Crippen LogP contribution in [0.1, 0.15) is 32.1 Å². The van der Waals surface area contributed by atoms with Crippen molar-refractivity contribution in [3.8, 4) is 0 Å². The topological polar surface area (TPSA) is 3.24 Å². The SMILES string of the molecule is Fc1ccc(N2CC3(CCCCC3)C2)c(Br)c1. The zero-order valence-corrected chi connectivity index (χ0v) is 11.5. The van der Waals surface area contributed by atoms with E-state index >= 15 is 0 Å². The standard InChI is InChI=1S/C14H17BrFN/c15-12-8-11(16)4-5-13(12)17-9-14(10-17)6-2-1-3-7-14/h4-5,8H,1-3,6-7,9-10H2. The number of anilines is 1. The molecule has 1 aliphatic carbocycles. The fourth-order valence-electron chi connectivity index (χ4n) is 3.29. The van der Waals surface area contributed by atoms with E-state index in [-0.39, 0.29) is 5.82 Å². The van der Waals surface area contributed by atoms with E-state index in [1.165, 1.54) is 32.1 Å². The van der Waals surface area contributed by atoms with E-state index < -0.39 is 0 Å². The minimum Gasteiger partial charge on any atom is -0.369 e. The lowest BCUT2D eigenvalue weighted by Gasteiger charge is -2.53. The zero-order chi connectivity index (χ0) is 11.9. The Morgan fingerprint density at radius 2 is 1.82 bits per heavy atom. The van der Waals surface area contributed by atoms with Crippen LogP contribution in [-0.4, -0.2) is 13.1 Å². The molecule has 1 saturated carbocycles. The third kappa shape index (κ3) is 2.10. The molecule has 1 saturated heterocycles. The van der Waals surface area contributed by atoms with E-state index in [2.05, 4.69) is 20.8 Å². The van der Waals surface area contributed by atoms with Crippen molar-refractivity contribution < 1.29 is 4.39 Å². The summed E-state index contributed by atoms with van der Waals surface area (Å²) in [4.78, 5) is 2.37. The summed E-state index contributed by atoms with van der Waals surface area (Å²) in [5, 5.41) is 0. The van der Waals surface area contributed by atoms with Gasteiger partial charge in [0.25, 0.3) is 0 Å². The number of rotatable bonds is 1. The molecule has 1 aromatic rings. The molecule has 1 aromatic carbocycles. The van der Waals surface area contributed by atoms with E-state index in [0.717, 1.165) is 23.2 Å². The van der Waals surface area contributed by atoms with Crippen molar-refractivity contribution >= 4 is 21.6 Å². The van der Waals surface area contributed by atoms with Gasteiger partial charge in [-0.15, -0.1) is 0 Å². The lowest BCUT2D eigenvalue weighted by molar-refractivity contribution is 0.139. The summed E-state index contributed by atoms with van der Waals surface area (Å²) in [5.41, 5.74) is 1.72. The lowest BCUT2D eigenvalue weighted by atomic mass is 9.68. The molecule has 2 aliphatic rings. The van der Waals surface area contributed by atoms with Crippen LogP contribution in [0.2, 0.25) is 0 Å². The van der Waals surface area contributed by atoms with Gasteiger partial charge in [-0.05, 0) is 47.0 Å². The van der Waals surface area contributed by atoms with Crippen molar-refractivity contribution in [2.45, 2.75) is 32.1 Å². The Labute approximate surface area is 110 Å². The van der Waals surface area contributed by atoms with E-state index in [0.29, 0.717) is 5.41 Å². The third-order valence-electron chi connectivity index (χ3n) is 4.22. The van der Waals surface area contributed by atoms with Crippen molar-refractivity contribution in [2.24, 2.45) is 5.41 Å². The molecule has 0 radical (unpaired) electrons. The maximum Gasteiger partial charge on any atom is 0.124 e. The van der Waals surface area contributed by atoms with Crippen molar-refractivity contribution in [3.05, 3.63) is 28.5 Å². The van der Waals surface area contributed by atoms with Crippen LogP contribution in [-0.2, 0) is 0 Å². The Morgan fingerprint density at radius 1 is 1.12 bits per heavy atom. The Bertz CT molecular complexity index is 418. The number of halogens is 2. The van der Waals surface area contributed by atoms with Gasteiger partial charge >= 0.3 is 0 Å². The second kappa shape index (κ2) is 4.27. The summed E-state index contributed by atoms with van der Waals surface area (Å²) in [6, 6.07) is 4.99. The van der Waals surface area contributed by atoms with Crippen molar-refractivity contribution in [1.82, 2.24) is 0 Å². The largest absolute Gasteiger partial charge is 0.369 e. The average Bonchev–Trinajstić information content (AvgIpc) is 2.27. The fraction of sp³-hybridized carbons (Fsp3) is 0.571. The van der Waals surface area contributed by atoms with E-state index in [1.54, 1.807) is 12.1 Å². The molecule has 0 unspecified atom stereocenters. The fourth-order valence-corrected chi connectivity index (χ4v) is 3.89. The van der Waals surface area contributed by atoms with Gasteiger partial charge in [0.05, 0.1) is 5.69 Å². The molecule has 2 fully saturated rings. The van der Waals surface area contributed by atoms with Gasteiger partial charge in [-0.3, -0.25) is 0 Å². The maximum absolute atomic E-state index is 13.0. The Kier molecular flexibility index (Phi) is 2.89. The molecule has 0 N–H and O–H groups in total. The molecule has 1 aliphatic heterocycles. The molecule has 0 amide bonds. The maximum atomic E-state index is 13.0. The first-order valence-electron chi connectivity index (χ1n) is 6.39. The highest BCUT2D eigenvalue weighted by molar-refractivity contribution is 9.10.